The molecule has 0 aliphatic carbocycles. The normalized spacial score (nSPS) is 23.2. The van der Waals surface area contributed by atoms with Gasteiger partial charge < -0.3 is 14.5 Å². The zero-order valence-corrected chi connectivity index (χ0v) is 17.9. The number of ether oxygens (including phenoxy) is 1. The SMILES string of the molecule is Cc1nc(C)c(C(=O)N2CCC(C(=O)N3CCC4(CCCCO4)CC3)CC2)s1. The fourth-order valence-electron chi connectivity index (χ4n) is 4.90. The van der Waals surface area contributed by atoms with Crippen LogP contribution < -0.4 is 0 Å². The minimum Gasteiger partial charge on any atom is -0.375 e. The van der Waals surface area contributed by atoms with E-state index in [0.717, 1.165) is 67.4 Å². The maximum Gasteiger partial charge on any atom is 0.265 e. The van der Waals surface area contributed by atoms with Crippen LogP contribution in [0.15, 0.2) is 0 Å². The zero-order valence-electron chi connectivity index (χ0n) is 17.0. The Morgan fingerprint density at radius 3 is 2.32 bits per heavy atom. The maximum absolute atomic E-state index is 13.0. The van der Waals surface area contributed by atoms with E-state index in [1.54, 1.807) is 0 Å². The van der Waals surface area contributed by atoms with Gasteiger partial charge in [-0.1, -0.05) is 0 Å². The topological polar surface area (TPSA) is 62.7 Å². The molecule has 1 aromatic rings. The predicted molar refractivity (Wildman–Crippen MR) is 109 cm³/mol. The highest BCUT2D eigenvalue weighted by Gasteiger charge is 2.39. The average Bonchev–Trinajstić information content (AvgIpc) is 3.06. The molecule has 1 spiro atoms. The predicted octanol–water partition coefficient (Wildman–Crippen LogP) is 3.17. The van der Waals surface area contributed by atoms with E-state index in [-0.39, 0.29) is 23.3 Å². The molecule has 0 saturated carbocycles. The Kier molecular flexibility index (Phi) is 5.74. The van der Waals surface area contributed by atoms with Gasteiger partial charge in [0.2, 0.25) is 5.91 Å². The van der Waals surface area contributed by atoms with Crippen molar-refractivity contribution < 1.29 is 14.3 Å². The number of likely N-dealkylation sites (tertiary alicyclic amines) is 2. The first-order chi connectivity index (χ1) is 13.5. The van der Waals surface area contributed by atoms with Crippen LogP contribution in [0.25, 0.3) is 0 Å². The lowest BCUT2D eigenvalue weighted by atomic mass is 9.84. The van der Waals surface area contributed by atoms with Crippen LogP contribution in [-0.4, -0.2) is 65.0 Å². The Bertz CT molecular complexity index is 723. The van der Waals surface area contributed by atoms with Crippen LogP contribution in [0.3, 0.4) is 0 Å². The first kappa shape index (κ1) is 19.8. The summed E-state index contributed by atoms with van der Waals surface area (Å²) in [6.45, 7) is 7.65. The van der Waals surface area contributed by atoms with E-state index in [9.17, 15) is 9.59 Å². The van der Waals surface area contributed by atoms with Gasteiger partial charge in [-0.05, 0) is 58.8 Å². The average molecular weight is 406 g/mol. The molecule has 3 fully saturated rings. The minimum absolute atomic E-state index is 0.0372. The molecule has 0 radical (unpaired) electrons. The van der Waals surface area contributed by atoms with E-state index in [1.165, 1.54) is 24.2 Å². The molecule has 0 aromatic carbocycles. The van der Waals surface area contributed by atoms with Gasteiger partial charge in [-0.25, -0.2) is 4.98 Å². The number of hydrogen-bond acceptors (Lipinski definition) is 5. The summed E-state index contributed by atoms with van der Waals surface area (Å²) >= 11 is 1.47. The number of piperidine rings is 2. The summed E-state index contributed by atoms with van der Waals surface area (Å²) in [6, 6.07) is 0. The zero-order chi connectivity index (χ0) is 19.7. The van der Waals surface area contributed by atoms with Crippen molar-refractivity contribution in [2.45, 2.75) is 64.4 Å². The third-order valence-corrected chi connectivity index (χ3v) is 7.71. The van der Waals surface area contributed by atoms with Crippen LogP contribution in [-0.2, 0) is 9.53 Å². The molecular formula is C21H31N3O3S. The minimum atomic E-state index is 0.0372. The van der Waals surface area contributed by atoms with Gasteiger partial charge >= 0.3 is 0 Å². The molecule has 3 saturated heterocycles. The molecule has 0 unspecified atom stereocenters. The number of rotatable bonds is 2. The fourth-order valence-corrected chi connectivity index (χ4v) is 5.79. The molecule has 28 heavy (non-hydrogen) atoms. The second-order valence-electron chi connectivity index (χ2n) is 8.53. The molecule has 0 bridgehead atoms. The number of hydrogen-bond donors (Lipinski definition) is 0. The van der Waals surface area contributed by atoms with Gasteiger partial charge in [-0.15, -0.1) is 11.3 Å². The summed E-state index contributed by atoms with van der Waals surface area (Å²) in [5.41, 5.74) is 0.855. The number of carbonyl (C=O) groups excluding carboxylic acids is 2. The van der Waals surface area contributed by atoms with Gasteiger partial charge in [0.25, 0.3) is 5.91 Å². The second kappa shape index (κ2) is 8.11. The van der Waals surface area contributed by atoms with Crippen molar-refractivity contribution in [2.24, 2.45) is 5.92 Å². The van der Waals surface area contributed by atoms with Crippen LogP contribution in [0.1, 0.15) is 65.3 Å². The summed E-state index contributed by atoms with van der Waals surface area (Å²) in [7, 11) is 0. The van der Waals surface area contributed by atoms with E-state index in [0.29, 0.717) is 13.1 Å². The number of nitrogens with zero attached hydrogens (tertiary/aromatic N) is 3. The van der Waals surface area contributed by atoms with E-state index in [1.807, 2.05) is 23.6 Å². The maximum atomic E-state index is 13.0. The summed E-state index contributed by atoms with van der Waals surface area (Å²) < 4.78 is 6.09. The number of amides is 2. The van der Waals surface area contributed by atoms with Gasteiger partial charge in [0.15, 0.2) is 0 Å². The summed E-state index contributed by atoms with van der Waals surface area (Å²) in [6.07, 6.45) is 7.03. The van der Waals surface area contributed by atoms with Crippen molar-refractivity contribution in [1.82, 2.24) is 14.8 Å². The molecule has 7 heteroatoms. The smallest absolute Gasteiger partial charge is 0.265 e. The largest absolute Gasteiger partial charge is 0.375 e. The molecule has 3 aliphatic heterocycles. The van der Waals surface area contributed by atoms with Crippen LogP contribution in [0, 0.1) is 19.8 Å². The number of aryl methyl sites for hydroxylation is 2. The first-order valence-electron chi connectivity index (χ1n) is 10.6. The standard InChI is InChI=1S/C21H31N3O3S/c1-15-18(28-16(2)22-15)20(26)23-10-5-17(6-11-23)19(25)24-12-8-21(9-13-24)7-3-4-14-27-21/h17H,3-14H2,1-2H3. The molecule has 1 aromatic heterocycles. The Hall–Kier alpha value is -1.47. The molecular weight excluding hydrogens is 374 g/mol. The van der Waals surface area contributed by atoms with Gasteiger partial charge in [-0.3, -0.25) is 9.59 Å². The molecule has 4 rings (SSSR count). The van der Waals surface area contributed by atoms with E-state index in [2.05, 4.69) is 4.98 Å². The quantitative estimate of drug-likeness (QED) is 0.758. The highest BCUT2D eigenvalue weighted by molar-refractivity contribution is 7.13. The van der Waals surface area contributed by atoms with Crippen molar-refractivity contribution >= 4 is 23.2 Å². The van der Waals surface area contributed by atoms with Gasteiger partial charge in [0.1, 0.15) is 4.88 Å². The summed E-state index contributed by atoms with van der Waals surface area (Å²) in [5.74, 6) is 0.403. The fraction of sp³-hybridized carbons (Fsp3) is 0.762. The van der Waals surface area contributed by atoms with Crippen molar-refractivity contribution in [3.05, 3.63) is 15.6 Å². The highest BCUT2D eigenvalue weighted by Crippen LogP contribution is 2.35. The second-order valence-corrected chi connectivity index (χ2v) is 9.73. The summed E-state index contributed by atoms with van der Waals surface area (Å²) in [4.78, 5) is 34.8. The number of thiazole rings is 1. The van der Waals surface area contributed by atoms with Gasteiger partial charge in [-0.2, -0.15) is 0 Å². The van der Waals surface area contributed by atoms with Crippen LogP contribution in [0.2, 0.25) is 0 Å². The van der Waals surface area contributed by atoms with E-state index < -0.39 is 0 Å². The lowest BCUT2D eigenvalue weighted by molar-refractivity contribution is -0.147. The molecule has 6 nitrogen and oxygen atoms in total. The Morgan fingerprint density at radius 2 is 1.75 bits per heavy atom. The third kappa shape index (κ3) is 3.96. The first-order valence-corrected chi connectivity index (χ1v) is 11.5. The molecule has 3 aliphatic rings. The Morgan fingerprint density at radius 1 is 1.04 bits per heavy atom. The lowest BCUT2D eigenvalue weighted by Crippen LogP contribution is -2.51. The van der Waals surface area contributed by atoms with Crippen LogP contribution in [0.5, 0.6) is 0 Å². The molecule has 2 amide bonds. The molecule has 0 N–H and O–H groups in total. The van der Waals surface area contributed by atoms with E-state index in [4.69, 9.17) is 4.74 Å². The van der Waals surface area contributed by atoms with Crippen LogP contribution in [0.4, 0.5) is 0 Å². The molecule has 154 valence electrons. The monoisotopic (exact) mass is 405 g/mol. The van der Waals surface area contributed by atoms with E-state index >= 15 is 0 Å². The number of carbonyl (C=O) groups is 2. The Balaban J connectivity index is 1.28. The van der Waals surface area contributed by atoms with Crippen molar-refractivity contribution in [2.75, 3.05) is 32.8 Å². The highest BCUT2D eigenvalue weighted by atomic mass is 32.1. The van der Waals surface area contributed by atoms with Gasteiger partial charge in [0, 0.05) is 38.7 Å². The van der Waals surface area contributed by atoms with Gasteiger partial charge in [0.05, 0.1) is 16.3 Å². The van der Waals surface area contributed by atoms with Crippen molar-refractivity contribution in [3.8, 4) is 0 Å². The third-order valence-electron chi connectivity index (χ3n) is 6.65. The summed E-state index contributed by atoms with van der Waals surface area (Å²) in [5, 5.41) is 0.927. The molecule has 0 atom stereocenters. The van der Waals surface area contributed by atoms with Crippen molar-refractivity contribution in [1.29, 1.82) is 0 Å². The van der Waals surface area contributed by atoms with Crippen LogP contribution >= 0.6 is 11.3 Å². The lowest BCUT2D eigenvalue weighted by Gasteiger charge is -2.45. The molecule has 4 heterocycles. The van der Waals surface area contributed by atoms with Crippen molar-refractivity contribution in [3.63, 3.8) is 0 Å². The number of aromatic nitrogens is 1. The Labute approximate surface area is 171 Å².